The summed E-state index contributed by atoms with van der Waals surface area (Å²) in [5.41, 5.74) is 2.53. The summed E-state index contributed by atoms with van der Waals surface area (Å²) < 4.78 is 0. The van der Waals surface area contributed by atoms with Crippen molar-refractivity contribution in [2.75, 3.05) is 37.8 Å². The molecule has 0 radical (unpaired) electrons. The lowest BCUT2D eigenvalue weighted by Crippen LogP contribution is -2.41. The van der Waals surface area contributed by atoms with Crippen LogP contribution in [0.4, 0.5) is 5.69 Å². The predicted molar refractivity (Wildman–Crippen MR) is 142 cm³/mol. The Balaban J connectivity index is 1.44. The molecule has 2 amide bonds. The second-order valence-corrected chi connectivity index (χ2v) is 9.08. The normalized spacial score (nSPS) is 12.9. The van der Waals surface area contributed by atoms with Gasteiger partial charge in [-0.25, -0.2) is 0 Å². The van der Waals surface area contributed by atoms with Crippen LogP contribution in [-0.4, -0.2) is 54.3 Å². The van der Waals surface area contributed by atoms with E-state index in [1.165, 1.54) is 4.90 Å². The minimum absolute atomic E-state index is 0.0750. The highest BCUT2D eigenvalue weighted by Crippen LogP contribution is 2.34. The summed E-state index contributed by atoms with van der Waals surface area (Å²) in [5.74, 6) is -0.301. The number of thioether (sulfide) groups is 1. The van der Waals surface area contributed by atoms with E-state index in [0.29, 0.717) is 27.8 Å². The van der Waals surface area contributed by atoms with Gasteiger partial charge in [-0.1, -0.05) is 54.2 Å². The molecule has 7 nitrogen and oxygen atoms in total. The van der Waals surface area contributed by atoms with Crippen molar-refractivity contribution in [3.8, 4) is 0 Å². The summed E-state index contributed by atoms with van der Waals surface area (Å²) in [6.45, 7) is 1.74. The first-order valence-electron chi connectivity index (χ1n) is 11.6. The fourth-order valence-corrected chi connectivity index (χ4v) is 4.79. The Bertz CT molecular complexity index is 1240. The second-order valence-electron chi connectivity index (χ2n) is 8.01. The van der Waals surface area contributed by atoms with Crippen molar-refractivity contribution in [2.24, 2.45) is 0 Å². The predicted octanol–water partition coefficient (Wildman–Crippen LogP) is 4.09. The van der Waals surface area contributed by atoms with E-state index in [-0.39, 0.29) is 23.5 Å². The van der Waals surface area contributed by atoms with E-state index in [1.54, 1.807) is 24.3 Å². The smallest absolute Gasteiger partial charge is 0.261 e. The Morgan fingerprint density at radius 1 is 0.914 bits per heavy atom. The lowest BCUT2D eigenvalue weighted by atomic mass is 9.93. The first kappa shape index (κ1) is 24.3. The number of nitrogens with zero attached hydrogens (tertiary/aromatic N) is 1. The number of carbonyl (C=O) groups is 3. The van der Waals surface area contributed by atoms with E-state index in [1.807, 2.05) is 55.8 Å². The van der Waals surface area contributed by atoms with Gasteiger partial charge in [-0.3, -0.25) is 19.3 Å². The number of imide groups is 1. The molecule has 4 rings (SSSR count). The molecule has 0 bridgehead atoms. The number of benzene rings is 3. The van der Waals surface area contributed by atoms with Gasteiger partial charge in [0.05, 0.1) is 0 Å². The number of hydrogen-bond acceptors (Lipinski definition) is 7. The number of amides is 2. The highest BCUT2D eigenvalue weighted by atomic mass is 32.2. The standard InChI is InChI=1S/C27H28N4O3S/c1-28-15-16-29-13-6-14-30-23-12-11-22-24-20(23)9-5-10-21(24)25(32)31(26(22)33)17-18-35-27(34)19-7-3-2-4-8-19/h2-5,7-12,15-16,28-30H,6,13-14,17-18H2,1H3/b16-15-. The van der Waals surface area contributed by atoms with Gasteiger partial charge in [-0.15, -0.1) is 0 Å². The van der Waals surface area contributed by atoms with Gasteiger partial charge in [0.15, 0.2) is 0 Å². The lowest BCUT2D eigenvalue weighted by Gasteiger charge is -2.27. The highest BCUT2D eigenvalue weighted by molar-refractivity contribution is 8.14. The van der Waals surface area contributed by atoms with Gasteiger partial charge in [-0.05, 0) is 24.6 Å². The van der Waals surface area contributed by atoms with Crippen LogP contribution in [0.1, 0.15) is 37.5 Å². The molecule has 8 heteroatoms. The molecule has 0 aromatic heterocycles. The number of hydrogen-bond donors (Lipinski definition) is 3. The molecule has 3 N–H and O–H groups in total. The molecule has 3 aromatic carbocycles. The van der Waals surface area contributed by atoms with Crippen molar-refractivity contribution < 1.29 is 14.4 Å². The third-order valence-corrected chi connectivity index (χ3v) is 6.62. The maximum Gasteiger partial charge on any atom is 0.261 e. The Morgan fingerprint density at radius 3 is 2.46 bits per heavy atom. The molecule has 0 saturated carbocycles. The van der Waals surface area contributed by atoms with Crippen LogP contribution in [0, 0.1) is 0 Å². The van der Waals surface area contributed by atoms with E-state index in [2.05, 4.69) is 16.0 Å². The molecule has 1 aliphatic heterocycles. The summed E-state index contributed by atoms with van der Waals surface area (Å²) in [6, 6.07) is 18.2. The van der Waals surface area contributed by atoms with E-state index < -0.39 is 0 Å². The molecule has 1 aliphatic rings. The average Bonchev–Trinajstić information content (AvgIpc) is 2.89. The molecule has 1 heterocycles. The van der Waals surface area contributed by atoms with Gasteiger partial charge in [0, 0.05) is 78.0 Å². The Morgan fingerprint density at radius 2 is 1.69 bits per heavy atom. The SMILES string of the molecule is CN/C=C\NCCCNc1ccc2c3c(cccc13)C(=O)N(CCSC(=O)c1ccccc1)C2=O. The van der Waals surface area contributed by atoms with E-state index in [9.17, 15) is 14.4 Å². The first-order valence-corrected chi connectivity index (χ1v) is 12.5. The van der Waals surface area contributed by atoms with Crippen molar-refractivity contribution in [1.82, 2.24) is 15.5 Å². The second kappa shape index (κ2) is 11.6. The van der Waals surface area contributed by atoms with Crippen molar-refractivity contribution >= 4 is 45.2 Å². The summed E-state index contributed by atoms with van der Waals surface area (Å²) in [7, 11) is 1.85. The number of nitrogens with one attached hydrogen (secondary N) is 3. The van der Waals surface area contributed by atoms with Crippen LogP contribution in [0.15, 0.2) is 73.1 Å². The van der Waals surface area contributed by atoms with Gasteiger partial charge >= 0.3 is 0 Å². The van der Waals surface area contributed by atoms with Crippen LogP contribution in [0.3, 0.4) is 0 Å². The summed E-state index contributed by atoms with van der Waals surface area (Å²) in [5, 5.41) is 11.0. The van der Waals surface area contributed by atoms with E-state index >= 15 is 0 Å². The molecule has 0 unspecified atom stereocenters. The summed E-state index contributed by atoms with van der Waals surface area (Å²) >= 11 is 1.11. The third kappa shape index (κ3) is 5.49. The zero-order valence-electron chi connectivity index (χ0n) is 19.5. The number of rotatable bonds is 11. The van der Waals surface area contributed by atoms with Gasteiger partial charge in [0.1, 0.15) is 0 Å². The minimum Gasteiger partial charge on any atom is -0.393 e. The van der Waals surface area contributed by atoms with E-state index in [0.717, 1.165) is 42.3 Å². The Labute approximate surface area is 209 Å². The van der Waals surface area contributed by atoms with Gasteiger partial charge in [0.2, 0.25) is 5.12 Å². The summed E-state index contributed by atoms with van der Waals surface area (Å²) in [6.07, 6.45) is 4.60. The Kier molecular flexibility index (Phi) is 8.05. The van der Waals surface area contributed by atoms with Gasteiger partial charge in [-0.2, -0.15) is 0 Å². The lowest BCUT2D eigenvalue weighted by molar-refractivity contribution is 0.0620. The van der Waals surface area contributed by atoms with Crippen LogP contribution < -0.4 is 16.0 Å². The maximum absolute atomic E-state index is 13.2. The van der Waals surface area contributed by atoms with E-state index in [4.69, 9.17) is 0 Å². The fourth-order valence-electron chi connectivity index (χ4n) is 4.03. The van der Waals surface area contributed by atoms with Crippen LogP contribution in [-0.2, 0) is 0 Å². The molecule has 0 atom stereocenters. The molecule has 0 fully saturated rings. The fraction of sp³-hybridized carbons (Fsp3) is 0.222. The molecule has 0 saturated heterocycles. The van der Waals surface area contributed by atoms with Crippen LogP contribution in [0.5, 0.6) is 0 Å². The molecule has 3 aromatic rings. The van der Waals surface area contributed by atoms with Gasteiger partial charge in [0.25, 0.3) is 11.8 Å². The zero-order chi connectivity index (χ0) is 24.6. The van der Waals surface area contributed by atoms with Gasteiger partial charge < -0.3 is 16.0 Å². The average molecular weight is 489 g/mol. The third-order valence-electron chi connectivity index (χ3n) is 5.73. The van der Waals surface area contributed by atoms with Crippen molar-refractivity contribution in [1.29, 1.82) is 0 Å². The topological polar surface area (TPSA) is 90.5 Å². The largest absolute Gasteiger partial charge is 0.393 e. The zero-order valence-corrected chi connectivity index (χ0v) is 20.4. The summed E-state index contributed by atoms with van der Waals surface area (Å²) in [4.78, 5) is 40.1. The molecule has 0 aliphatic carbocycles. The quantitative estimate of drug-likeness (QED) is 0.277. The molecular weight excluding hydrogens is 460 g/mol. The van der Waals surface area contributed by atoms with Crippen molar-refractivity contribution in [2.45, 2.75) is 6.42 Å². The minimum atomic E-state index is -0.321. The Hall–Kier alpha value is -3.78. The van der Waals surface area contributed by atoms with Crippen molar-refractivity contribution in [3.05, 3.63) is 89.8 Å². The molecule has 0 spiro atoms. The monoisotopic (exact) mass is 488 g/mol. The molecular formula is C27H28N4O3S. The van der Waals surface area contributed by atoms with Crippen LogP contribution in [0.2, 0.25) is 0 Å². The van der Waals surface area contributed by atoms with Crippen LogP contribution in [0.25, 0.3) is 10.8 Å². The van der Waals surface area contributed by atoms with Crippen LogP contribution >= 0.6 is 11.8 Å². The number of carbonyl (C=O) groups excluding carboxylic acids is 3. The number of anilines is 1. The first-order chi connectivity index (χ1) is 17.1. The molecule has 35 heavy (non-hydrogen) atoms. The van der Waals surface area contributed by atoms with Crippen molar-refractivity contribution in [3.63, 3.8) is 0 Å². The maximum atomic E-state index is 13.2. The highest BCUT2D eigenvalue weighted by Gasteiger charge is 2.33. The molecule has 180 valence electrons.